The Kier molecular flexibility index (Phi) is 34.3. The Hall–Kier alpha value is -8.56. The number of unbranched alkanes of at least 4 members (excludes halogenated alkanes) is 20. The maximum Gasteiger partial charge on any atom is 0.194 e. The van der Waals surface area contributed by atoms with Gasteiger partial charge in [-0.05, 0) is 225 Å². The molecule has 0 radical (unpaired) electrons. The predicted molar refractivity (Wildman–Crippen MR) is 469 cm³/mol. The third kappa shape index (κ3) is 24.7. The zero-order valence-electron chi connectivity index (χ0n) is 65.3. The molecule has 2 aliphatic carbocycles. The van der Waals surface area contributed by atoms with Crippen molar-refractivity contribution >= 4 is 83.4 Å². The van der Waals surface area contributed by atoms with Crippen LogP contribution < -0.4 is 9.80 Å². The molecule has 10 aromatic rings. The van der Waals surface area contributed by atoms with E-state index in [1.807, 2.05) is 37.3 Å². The van der Waals surface area contributed by atoms with Crippen molar-refractivity contribution in [1.29, 1.82) is 0 Å². The summed E-state index contributed by atoms with van der Waals surface area (Å²) in [4.78, 5) is 56.5. The van der Waals surface area contributed by atoms with Gasteiger partial charge in [0, 0.05) is 88.9 Å². The Morgan fingerprint density at radius 3 is 0.826 bits per heavy atom. The second kappa shape index (κ2) is 44.3. The molecule has 0 N–H and O–H groups in total. The molecular formula is C101H118Br2N2O4. The molecule has 0 aliphatic heterocycles. The Balaban J connectivity index is 0.000000212. The van der Waals surface area contributed by atoms with Crippen LogP contribution in [0.2, 0.25) is 0 Å². The smallest absolute Gasteiger partial charge is 0.194 e. The number of fused-ring (bicyclic) bond motifs is 4. The van der Waals surface area contributed by atoms with Gasteiger partial charge in [0.15, 0.2) is 23.1 Å². The zero-order valence-corrected chi connectivity index (χ0v) is 68.5. The van der Waals surface area contributed by atoms with Gasteiger partial charge in [0.2, 0.25) is 0 Å². The molecular weight excluding hydrogens is 1460 g/mol. The molecule has 0 heterocycles. The van der Waals surface area contributed by atoms with E-state index >= 15 is 0 Å². The monoisotopic (exact) mass is 1580 g/mol. The second-order valence-electron chi connectivity index (χ2n) is 30.1. The minimum Gasteiger partial charge on any atom is -0.345 e. The van der Waals surface area contributed by atoms with E-state index in [0.717, 1.165) is 68.6 Å². The molecule has 0 unspecified atom stereocenters. The van der Waals surface area contributed by atoms with Gasteiger partial charge in [0.25, 0.3) is 0 Å². The number of aryl methyl sites for hydroxylation is 5. The molecule has 10 aromatic carbocycles. The highest BCUT2D eigenvalue weighted by Gasteiger charge is 2.32. The molecule has 0 saturated carbocycles. The minimum atomic E-state index is -0.106. The van der Waals surface area contributed by atoms with Gasteiger partial charge in [-0.3, -0.25) is 19.2 Å². The fraction of sp³-hybridized carbons (Fsp3) is 0.366. The van der Waals surface area contributed by atoms with Gasteiger partial charge in [-0.25, -0.2) is 0 Å². The van der Waals surface area contributed by atoms with Crippen LogP contribution >= 0.6 is 31.9 Å². The fourth-order valence-electron chi connectivity index (χ4n) is 14.9. The van der Waals surface area contributed by atoms with Gasteiger partial charge < -0.3 is 9.80 Å². The number of hydrogen-bond acceptors (Lipinski definition) is 6. The highest BCUT2D eigenvalue weighted by Crippen LogP contribution is 2.40. The quantitative estimate of drug-likeness (QED) is 0.0361. The van der Waals surface area contributed by atoms with E-state index in [4.69, 9.17) is 0 Å². The van der Waals surface area contributed by atoms with Crippen LogP contribution in [-0.4, -0.2) is 30.2 Å². The lowest BCUT2D eigenvalue weighted by Crippen LogP contribution is -2.22. The van der Waals surface area contributed by atoms with Crippen LogP contribution in [0.15, 0.2) is 227 Å². The first kappa shape index (κ1) is 84.5. The summed E-state index contributed by atoms with van der Waals surface area (Å²) in [5, 5.41) is 0. The lowest BCUT2D eigenvalue weighted by molar-refractivity contribution is 0.0979. The Morgan fingerprint density at radius 1 is 0.248 bits per heavy atom. The van der Waals surface area contributed by atoms with Gasteiger partial charge in [-0.15, -0.1) is 0 Å². The van der Waals surface area contributed by atoms with Crippen LogP contribution in [0.3, 0.4) is 0 Å². The van der Waals surface area contributed by atoms with E-state index in [0.29, 0.717) is 44.5 Å². The number of benzene rings is 10. The Labute approximate surface area is 671 Å². The molecule has 0 fully saturated rings. The van der Waals surface area contributed by atoms with Crippen LogP contribution in [0.5, 0.6) is 0 Å². The number of carbonyl (C=O) groups excluding carboxylic acids is 4. The van der Waals surface area contributed by atoms with Gasteiger partial charge in [0.1, 0.15) is 0 Å². The normalized spacial score (nSPS) is 11.9. The van der Waals surface area contributed by atoms with Crippen molar-refractivity contribution in [2.45, 2.75) is 235 Å². The molecule has 8 heteroatoms. The van der Waals surface area contributed by atoms with E-state index in [-0.39, 0.29) is 30.6 Å². The standard InChI is InChI=1S/C50H58N2O2.C36H50.C14H6Br2O2.CH4/c1-5-7-9-11-13-15-17-38-20-24-40(25-21-38)51(4)41-28-30-43(31-29-41)52(42-26-22-39(23-27-42)18-16-14-12-10-8-6-2)44-32-34-46-48(36-44)50(54)45-33-19-37(3)35-47(45)49(46)53;1-3-5-7-9-11-13-15-31-17-21-33(22-18-31)29-35-25-27-36(28-26-35)30-34-23-19-32(20-24-34)16-14-12-10-8-6-4-2;15-7-1-3-9-11(5-7)14(18)10-4-2-8(16)6-12(10)13(9)17;/h19-36H,5-18H2,1-4H3;17-28H,3-16,29-30H2,1-2H3;1-6H;1H4. The third-order valence-corrected chi connectivity index (χ3v) is 22.5. The summed E-state index contributed by atoms with van der Waals surface area (Å²) >= 11 is 6.64. The summed E-state index contributed by atoms with van der Waals surface area (Å²) in [6, 6.07) is 75.9. The average molecular weight is 1580 g/mol. The number of halogens is 2. The summed E-state index contributed by atoms with van der Waals surface area (Å²) in [5.41, 5.74) is 21.1. The lowest BCUT2D eigenvalue weighted by atomic mass is 9.83. The van der Waals surface area contributed by atoms with Crippen LogP contribution in [0.25, 0.3) is 0 Å². The first-order chi connectivity index (χ1) is 52.7. The second-order valence-corrected chi connectivity index (χ2v) is 31.9. The SMILES string of the molecule is C.CCCCCCCCc1ccc(Cc2ccc(Cc3ccc(CCCCCCCC)cc3)cc2)cc1.CCCCCCCCc1ccc(N(C)c2ccc(N(c3ccc(CCCCCCCC)cc3)c3ccc4c(c3)C(=O)c3ccc(C)cc3C4=O)cc2)cc1.O=C1c2ccc(Br)cc2C(=O)c2ccc(Br)cc21. The summed E-state index contributed by atoms with van der Waals surface area (Å²) in [7, 11) is 2.11. The number of anilines is 5. The van der Waals surface area contributed by atoms with E-state index in [1.54, 1.807) is 42.5 Å². The van der Waals surface area contributed by atoms with Crippen LogP contribution in [0, 0.1) is 6.92 Å². The summed E-state index contributed by atoms with van der Waals surface area (Å²) < 4.78 is 1.59. The van der Waals surface area contributed by atoms with Gasteiger partial charge in [0.05, 0.1) is 0 Å². The largest absolute Gasteiger partial charge is 0.345 e. The van der Waals surface area contributed by atoms with Crippen molar-refractivity contribution in [2.24, 2.45) is 0 Å². The molecule has 12 rings (SSSR count). The highest BCUT2D eigenvalue weighted by molar-refractivity contribution is 9.10. The fourth-order valence-corrected chi connectivity index (χ4v) is 15.7. The minimum absolute atomic E-state index is 0. The Morgan fingerprint density at radius 2 is 0.486 bits per heavy atom. The maximum absolute atomic E-state index is 13.8. The molecule has 0 bridgehead atoms. The van der Waals surface area contributed by atoms with Crippen molar-refractivity contribution in [2.75, 3.05) is 16.8 Å². The van der Waals surface area contributed by atoms with Crippen molar-refractivity contribution in [3.63, 3.8) is 0 Å². The van der Waals surface area contributed by atoms with Crippen LogP contribution in [-0.2, 0) is 38.5 Å². The first-order valence-corrected chi connectivity index (χ1v) is 42.4. The summed E-state index contributed by atoms with van der Waals surface area (Å²) in [6.45, 7) is 11.0. The molecule has 0 saturated heterocycles. The molecule has 109 heavy (non-hydrogen) atoms. The van der Waals surface area contributed by atoms with Crippen LogP contribution in [0.4, 0.5) is 28.4 Å². The maximum atomic E-state index is 13.8. The van der Waals surface area contributed by atoms with E-state index < -0.39 is 0 Å². The van der Waals surface area contributed by atoms with E-state index in [2.05, 4.69) is 222 Å². The highest BCUT2D eigenvalue weighted by atomic mass is 79.9. The van der Waals surface area contributed by atoms with Gasteiger partial charge in [-0.1, -0.05) is 310 Å². The summed E-state index contributed by atoms with van der Waals surface area (Å²) in [5.74, 6) is -0.407. The lowest BCUT2D eigenvalue weighted by Gasteiger charge is -2.28. The third-order valence-electron chi connectivity index (χ3n) is 21.5. The molecule has 2 aliphatic rings. The predicted octanol–water partition coefficient (Wildman–Crippen LogP) is 29.1. The van der Waals surface area contributed by atoms with Crippen molar-refractivity contribution in [3.05, 3.63) is 322 Å². The van der Waals surface area contributed by atoms with Gasteiger partial charge >= 0.3 is 0 Å². The average Bonchev–Trinajstić information content (AvgIpc) is 0.760. The molecule has 0 amide bonds. The van der Waals surface area contributed by atoms with Gasteiger partial charge in [-0.2, -0.15) is 0 Å². The van der Waals surface area contributed by atoms with E-state index in [9.17, 15) is 19.2 Å². The van der Waals surface area contributed by atoms with Crippen molar-refractivity contribution < 1.29 is 19.2 Å². The number of rotatable bonds is 37. The first-order valence-electron chi connectivity index (χ1n) is 40.8. The molecule has 0 spiro atoms. The topological polar surface area (TPSA) is 74.8 Å². The number of ketones is 4. The van der Waals surface area contributed by atoms with Crippen LogP contribution in [0.1, 0.15) is 303 Å². The van der Waals surface area contributed by atoms with Crippen molar-refractivity contribution in [3.8, 4) is 0 Å². The number of nitrogens with zero attached hydrogens (tertiary/aromatic N) is 2. The Bertz CT molecular complexity index is 4360. The summed E-state index contributed by atoms with van der Waals surface area (Å²) in [6.07, 6.45) is 38.7. The molecule has 6 nitrogen and oxygen atoms in total. The molecule has 0 atom stereocenters. The number of carbonyl (C=O) groups is 4. The van der Waals surface area contributed by atoms with Crippen molar-refractivity contribution in [1.82, 2.24) is 0 Å². The molecule has 570 valence electrons. The number of hydrogen-bond donors (Lipinski definition) is 0. The molecule has 0 aromatic heterocycles. The van der Waals surface area contributed by atoms with E-state index in [1.165, 1.54) is 211 Å². The zero-order chi connectivity index (χ0) is 76.0.